The molecule has 0 unspecified atom stereocenters. The molecule has 90 valence electrons. The van der Waals surface area contributed by atoms with Crippen LogP contribution >= 0.6 is 11.6 Å². The molecular formula is C7H9ClN2O4S2. The fourth-order valence-electron chi connectivity index (χ4n) is 0.922. The van der Waals surface area contributed by atoms with Gasteiger partial charge in [0.1, 0.15) is 0 Å². The van der Waals surface area contributed by atoms with Crippen molar-refractivity contribution in [2.75, 3.05) is 12.0 Å². The fraction of sp³-hybridized carbons (Fsp3) is 0.143. The summed E-state index contributed by atoms with van der Waals surface area (Å²) in [5.74, 6) is 0. The summed E-state index contributed by atoms with van der Waals surface area (Å²) in [6.07, 6.45) is 0.740. The third-order valence-electron chi connectivity index (χ3n) is 1.54. The highest BCUT2D eigenvalue weighted by molar-refractivity contribution is 8.04. The number of anilines is 1. The fourth-order valence-corrected chi connectivity index (χ4v) is 3.67. The second-order valence-corrected chi connectivity index (χ2v) is 7.14. The molecule has 0 aliphatic rings. The smallest absolute Gasteiger partial charge is 0.253 e. The van der Waals surface area contributed by atoms with Crippen LogP contribution in [0.2, 0.25) is 5.02 Å². The molecule has 0 saturated heterocycles. The molecule has 0 amide bonds. The Morgan fingerprint density at radius 1 is 1.25 bits per heavy atom. The number of hydrogen-bond donors (Lipinski definition) is 2. The number of sulfonamides is 2. The van der Waals surface area contributed by atoms with Gasteiger partial charge in [0.05, 0.1) is 21.9 Å². The molecule has 9 heteroatoms. The summed E-state index contributed by atoms with van der Waals surface area (Å²) >= 11 is 5.62. The maximum absolute atomic E-state index is 11.5. The first kappa shape index (κ1) is 13.2. The van der Waals surface area contributed by atoms with Crippen molar-refractivity contribution in [1.29, 1.82) is 0 Å². The predicted molar refractivity (Wildman–Crippen MR) is 61.0 cm³/mol. The number of nitrogens with one attached hydrogen (secondary N) is 1. The Bertz CT molecular complexity index is 609. The van der Waals surface area contributed by atoms with Gasteiger partial charge in [0.2, 0.25) is 10.0 Å². The van der Waals surface area contributed by atoms with Gasteiger partial charge in [0.15, 0.2) is 0 Å². The van der Waals surface area contributed by atoms with Crippen molar-refractivity contribution in [3.05, 3.63) is 23.2 Å². The van der Waals surface area contributed by atoms with E-state index in [0.29, 0.717) is 0 Å². The van der Waals surface area contributed by atoms with Gasteiger partial charge in [-0.1, -0.05) is 11.6 Å². The van der Waals surface area contributed by atoms with E-state index in [0.717, 1.165) is 18.4 Å². The summed E-state index contributed by atoms with van der Waals surface area (Å²) in [5, 5.41) is 0.0383. The molecule has 0 aliphatic heterocycles. The van der Waals surface area contributed by atoms with Crippen LogP contribution in [0.15, 0.2) is 23.1 Å². The lowest BCUT2D eigenvalue weighted by molar-refractivity contribution is 0.580. The molecule has 0 aromatic heterocycles. The maximum Gasteiger partial charge on any atom is 0.253 e. The molecule has 0 atom stereocenters. The Hall–Kier alpha value is -0.830. The summed E-state index contributed by atoms with van der Waals surface area (Å²) in [4.78, 5) is -0.267. The number of hydrogen-bond acceptors (Lipinski definition) is 5. The van der Waals surface area contributed by atoms with E-state index >= 15 is 0 Å². The minimum Gasteiger partial charge on any atom is -0.398 e. The highest BCUT2D eigenvalue weighted by atomic mass is 35.5. The van der Waals surface area contributed by atoms with E-state index < -0.39 is 20.0 Å². The van der Waals surface area contributed by atoms with Crippen molar-refractivity contribution in [3.8, 4) is 0 Å². The third kappa shape index (κ3) is 3.34. The highest BCUT2D eigenvalue weighted by Crippen LogP contribution is 2.22. The molecule has 3 N–H and O–H groups in total. The lowest BCUT2D eigenvalue weighted by Crippen LogP contribution is -2.29. The van der Waals surface area contributed by atoms with Crippen molar-refractivity contribution < 1.29 is 16.8 Å². The van der Waals surface area contributed by atoms with Crippen LogP contribution in [0.5, 0.6) is 0 Å². The molecule has 0 aliphatic carbocycles. The Morgan fingerprint density at radius 2 is 1.81 bits per heavy atom. The normalized spacial score (nSPS) is 12.6. The van der Waals surface area contributed by atoms with E-state index in [1.807, 2.05) is 0 Å². The van der Waals surface area contributed by atoms with Crippen LogP contribution in [0.1, 0.15) is 0 Å². The second kappa shape index (κ2) is 4.21. The number of nitrogen functional groups attached to an aromatic ring is 1. The number of nitrogens with two attached hydrogens (primary N) is 1. The van der Waals surface area contributed by atoms with Crippen LogP contribution < -0.4 is 9.86 Å². The average Bonchev–Trinajstić information content (AvgIpc) is 2.05. The van der Waals surface area contributed by atoms with Crippen molar-refractivity contribution in [2.24, 2.45) is 0 Å². The van der Waals surface area contributed by atoms with Gasteiger partial charge >= 0.3 is 0 Å². The van der Waals surface area contributed by atoms with Gasteiger partial charge in [-0.05, 0) is 18.2 Å². The van der Waals surface area contributed by atoms with E-state index in [4.69, 9.17) is 17.3 Å². The summed E-state index contributed by atoms with van der Waals surface area (Å²) in [6, 6.07) is 3.51. The molecule has 0 bridgehead atoms. The molecule has 1 aromatic rings. The Labute approximate surface area is 98.5 Å². The molecule has 0 fully saturated rings. The molecule has 0 heterocycles. The Balaban J connectivity index is 3.24. The van der Waals surface area contributed by atoms with Crippen LogP contribution in [0.3, 0.4) is 0 Å². The van der Waals surface area contributed by atoms with Gasteiger partial charge in [0.25, 0.3) is 10.0 Å². The highest BCUT2D eigenvalue weighted by Gasteiger charge is 2.19. The lowest BCUT2D eigenvalue weighted by atomic mass is 10.3. The summed E-state index contributed by atoms with van der Waals surface area (Å²) in [7, 11) is -8.00. The molecule has 0 radical (unpaired) electrons. The quantitative estimate of drug-likeness (QED) is 0.769. The number of halogens is 1. The largest absolute Gasteiger partial charge is 0.398 e. The predicted octanol–water partition coefficient (Wildman–Crippen LogP) is 0.160. The average molecular weight is 285 g/mol. The molecule has 0 saturated carbocycles. The zero-order chi connectivity index (χ0) is 12.6. The van der Waals surface area contributed by atoms with E-state index in [1.165, 1.54) is 10.2 Å². The minimum atomic E-state index is -4.14. The van der Waals surface area contributed by atoms with E-state index in [9.17, 15) is 16.8 Å². The SMILES string of the molecule is CS(=O)(=O)NS(=O)(=O)c1ccc(N)c(Cl)c1. The van der Waals surface area contributed by atoms with Crippen LogP contribution in [0.4, 0.5) is 5.69 Å². The van der Waals surface area contributed by atoms with Gasteiger partial charge in [-0.3, -0.25) is 0 Å². The van der Waals surface area contributed by atoms with Gasteiger partial charge < -0.3 is 5.73 Å². The van der Waals surface area contributed by atoms with E-state index in [2.05, 4.69) is 0 Å². The molecular weight excluding hydrogens is 276 g/mol. The van der Waals surface area contributed by atoms with E-state index in [-0.39, 0.29) is 15.6 Å². The molecule has 16 heavy (non-hydrogen) atoms. The standard InChI is InChI=1S/C7H9ClN2O4S2/c1-15(11,12)10-16(13,14)5-2-3-7(9)6(8)4-5/h2-4,10H,9H2,1H3. The van der Waals surface area contributed by atoms with Crippen molar-refractivity contribution >= 4 is 37.3 Å². The minimum absolute atomic E-state index is 0.0383. The first-order chi connectivity index (χ1) is 7.12. The van der Waals surface area contributed by atoms with Gasteiger partial charge in [-0.15, -0.1) is 4.13 Å². The molecule has 1 aromatic carbocycles. The number of rotatable bonds is 3. The zero-order valence-corrected chi connectivity index (χ0v) is 10.5. The van der Waals surface area contributed by atoms with Crippen LogP contribution in [-0.2, 0) is 20.0 Å². The van der Waals surface area contributed by atoms with Crippen LogP contribution in [0, 0.1) is 0 Å². The molecule has 0 spiro atoms. The third-order valence-corrected chi connectivity index (χ3v) is 4.83. The Kier molecular flexibility index (Phi) is 3.48. The zero-order valence-electron chi connectivity index (χ0n) is 8.14. The monoisotopic (exact) mass is 284 g/mol. The second-order valence-electron chi connectivity index (χ2n) is 3.04. The van der Waals surface area contributed by atoms with E-state index in [1.54, 1.807) is 0 Å². The van der Waals surface area contributed by atoms with Crippen molar-refractivity contribution in [3.63, 3.8) is 0 Å². The first-order valence-electron chi connectivity index (χ1n) is 3.90. The lowest BCUT2D eigenvalue weighted by Gasteiger charge is -2.05. The molecule has 1 rings (SSSR count). The summed E-state index contributed by atoms with van der Waals surface area (Å²) in [5.41, 5.74) is 5.60. The Morgan fingerprint density at radius 3 is 2.25 bits per heavy atom. The van der Waals surface area contributed by atoms with Crippen molar-refractivity contribution in [2.45, 2.75) is 4.90 Å². The number of benzene rings is 1. The first-order valence-corrected chi connectivity index (χ1v) is 7.66. The van der Waals surface area contributed by atoms with Gasteiger partial charge in [0, 0.05) is 0 Å². The van der Waals surface area contributed by atoms with Crippen molar-refractivity contribution in [1.82, 2.24) is 4.13 Å². The topological polar surface area (TPSA) is 106 Å². The van der Waals surface area contributed by atoms with Gasteiger partial charge in [-0.2, -0.15) is 0 Å². The van der Waals surface area contributed by atoms with Gasteiger partial charge in [-0.25, -0.2) is 16.8 Å². The van der Waals surface area contributed by atoms with Crippen LogP contribution in [0.25, 0.3) is 0 Å². The van der Waals surface area contributed by atoms with Crippen LogP contribution in [-0.4, -0.2) is 23.1 Å². The molecule has 6 nitrogen and oxygen atoms in total. The summed E-state index contributed by atoms with van der Waals surface area (Å²) < 4.78 is 46.2. The maximum atomic E-state index is 11.5. The summed E-state index contributed by atoms with van der Waals surface area (Å²) in [6.45, 7) is 0.